The zero-order valence-corrected chi connectivity index (χ0v) is 14.8. The van der Waals surface area contributed by atoms with E-state index in [0.717, 1.165) is 21.3 Å². The summed E-state index contributed by atoms with van der Waals surface area (Å²) in [4.78, 5) is 16.8. The van der Waals surface area contributed by atoms with Crippen LogP contribution in [0.3, 0.4) is 0 Å². The van der Waals surface area contributed by atoms with Gasteiger partial charge in [0.05, 0.1) is 22.0 Å². The molecule has 0 bridgehead atoms. The van der Waals surface area contributed by atoms with Crippen LogP contribution in [-0.2, 0) is 6.54 Å². The number of nitrogens with one attached hydrogen (secondary N) is 1. The van der Waals surface area contributed by atoms with Crippen LogP contribution in [0.4, 0.5) is 4.39 Å². The number of carbonyl (C=O) groups is 1. The van der Waals surface area contributed by atoms with Gasteiger partial charge in [0.15, 0.2) is 0 Å². The van der Waals surface area contributed by atoms with Gasteiger partial charge >= 0.3 is 0 Å². The van der Waals surface area contributed by atoms with E-state index in [1.165, 1.54) is 29.7 Å². The summed E-state index contributed by atoms with van der Waals surface area (Å²) < 4.78 is 16.1. The van der Waals surface area contributed by atoms with E-state index >= 15 is 0 Å². The van der Waals surface area contributed by atoms with Crippen LogP contribution in [0.15, 0.2) is 54.9 Å². The Morgan fingerprint density at radius 3 is 2.92 bits per heavy atom. The minimum absolute atomic E-state index is 0.254. The summed E-state index contributed by atoms with van der Waals surface area (Å²) in [6.45, 7) is 2.07. The van der Waals surface area contributed by atoms with Crippen molar-refractivity contribution in [2.75, 3.05) is 0 Å². The lowest BCUT2D eigenvalue weighted by atomic mass is 10.1. The Bertz CT molecular complexity index is 1050. The highest BCUT2D eigenvalue weighted by Crippen LogP contribution is 2.24. The largest absolute Gasteiger partial charge is 0.348 e. The number of benzene rings is 2. The van der Waals surface area contributed by atoms with Crippen LogP contribution in [0.2, 0.25) is 0 Å². The second-order valence-corrected chi connectivity index (χ2v) is 6.97. The quantitative estimate of drug-likeness (QED) is 0.597. The zero-order valence-electron chi connectivity index (χ0n) is 13.9. The van der Waals surface area contributed by atoms with Crippen molar-refractivity contribution in [2.45, 2.75) is 13.5 Å². The third-order valence-corrected chi connectivity index (χ3v) is 4.90. The first kappa shape index (κ1) is 16.4. The smallest absolute Gasteiger partial charge is 0.254 e. The summed E-state index contributed by atoms with van der Waals surface area (Å²) in [6.07, 6.45) is 3.14. The zero-order chi connectivity index (χ0) is 18.1. The molecule has 5 nitrogen and oxygen atoms in total. The van der Waals surface area contributed by atoms with Gasteiger partial charge in [-0.15, -0.1) is 0 Å². The highest BCUT2D eigenvalue weighted by atomic mass is 32.1. The van der Waals surface area contributed by atoms with Gasteiger partial charge in [0.1, 0.15) is 5.82 Å². The van der Waals surface area contributed by atoms with Crippen LogP contribution in [-0.4, -0.2) is 20.7 Å². The van der Waals surface area contributed by atoms with Crippen molar-refractivity contribution in [3.8, 4) is 5.13 Å². The molecule has 0 aliphatic rings. The molecule has 0 unspecified atom stereocenters. The number of rotatable bonds is 4. The molecule has 0 fully saturated rings. The fraction of sp³-hybridized carbons (Fsp3) is 0.105. The summed E-state index contributed by atoms with van der Waals surface area (Å²) in [5.41, 5.74) is 2.86. The van der Waals surface area contributed by atoms with Crippen molar-refractivity contribution in [2.24, 2.45) is 0 Å². The molecule has 0 saturated heterocycles. The molecule has 26 heavy (non-hydrogen) atoms. The molecule has 1 amide bonds. The first-order valence-corrected chi connectivity index (χ1v) is 8.85. The highest BCUT2D eigenvalue weighted by molar-refractivity contribution is 7.20. The summed E-state index contributed by atoms with van der Waals surface area (Å²) >= 11 is 1.50. The van der Waals surface area contributed by atoms with Crippen LogP contribution in [0, 0.1) is 12.7 Å². The van der Waals surface area contributed by atoms with Gasteiger partial charge in [0, 0.05) is 12.7 Å². The second-order valence-electron chi connectivity index (χ2n) is 5.96. The summed E-state index contributed by atoms with van der Waals surface area (Å²) in [5, 5.41) is 7.71. The van der Waals surface area contributed by atoms with Gasteiger partial charge in [-0.25, -0.2) is 14.1 Å². The molecular formula is C19H15FN4OS. The van der Waals surface area contributed by atoms with Gasteiger partial charge in [0.25, 0.3) is 5.91 Å². The molecule has 0 saturated carbocycles. The van der Waals surface area contributed by atoms with E-state index in [4.69, 9.17) is 0 Å². The van der Waals surface area contributed by atoms with Gasteiger partial charge in [-0.3, -0.25) is 4.79 Å². The van der Waals surface area contributed by atoms with Crippen LogP contribution in [0.5, 0.6) is 0 Å². The van der Waals surface area contributed by atoms with Crippen molar-refractivity contribution < 1.29 is 9.18 Å². The van der Waals surface area contributed by atoms with E-state index < -0.39 is 0 Å². The van der Waals surface area contributed by atoms with Gasteiger partial charge in [0.2, 0.25) is 5.13 Å². The highest BCUT2D eigenvalue weighted by Gasteiger charge is 2.12. The van der Waals surface area contributed by atoms with Gasteiger partial charge in [-0.05, 0) is 42.3 Å². The van der Waals surface area contributed by atoms with E-state index in [-0.39, 0.29) is 18.3 Å². The maximum Gasteiger partial charge on any atom is 0.254 e. The first-order chi connectivity index (χ1) is 12.6. The molecular weight excluding hydrogens is 351 g/mol. The standard InChI is InChI=1S/C19H15FN4OS/c1-12-6-13(8-15(20)7-12)9-21-18(25)14-10-22-24(11-14)19-23-16-4-2-3-5-17(16)26-19/h2-8,10-11H,9H2,1H3,(H,21,25). The molecule has 130 valence electrons. The normalized spacial score (nSPS) is 11.0. The van der Waals surface area contributed by atoms with E-state index in [0.29, 0.717) is 10.7 Å². The topological polar surface area (TPSA) is 59.8 Å². The number of hydrogen-bond donors (Lipinski definition) is 1. The lowest BCUT2D eigenvalue weighted by Crippen LogP contribution is -2.22. The molecule has 0 spiro atoms. The Morgan fingerprint density at radius 2 is 2.12 bits per heavy atom. The number of aromatic nitrogens is 3. The first-order valence-electron chi connectivity index (χ1n) is 8.03. The minimum Gasteiger partial charge on any atom is -0.348 e. The monoisotopic (exact) mass is 366 g/mol. The van der Waals surface area contributed by atoms with Crippen LogP contribution < -0.4 is 5.32 Å². The predicted octanol–water partition coefficient (Wildman–Crippen LogP) is 3.86. The molecule has 0 radical (unpaired) electrons. The van der Waals surface area contributed by atoms with E-state index in [1.54, 1.807) is 10.9 Å². The second kappa shape index (κ2) is 6.68. The molecule has 0 atom stereocenters. The lowest BCUT2D eigenvalue weighted by Gasteiger charge is -2.05. The molecule has 4 aromatic rings. The number of fused-ring (bicyclic) bond motifs is 1. The van der Waals surface area contributed by atoms with E-state index in [2.05, 4.69) is 15.4 Å². The Labute approximate surface area is 153 Å². The maximum atomic E-state index is 13.4. The SMILES string of the molecule is Cc1cc(F)cc(CNC(=O)c2cnn(-c3nc4ccccc4s3)c2)c1. The van der Waals surface area contributed by atoms with Crippen LogP contribution in [0.1, 0.15) is 21.5 Å². The number of hydrogen-bond acceptors (Lipinski definition) is 4. The number of aryl methyl sites for hydroxylation is 1. The predicted molar refractivity (Wildman–Crippen MR) is 99.0 cm³/mol. The fourth-order valence-corrected chi connectivity index (χ4v) is 3.60. The summed E-state index contributed by atoms with van der Waals surface area (Å²) in [6, 6.07) is 12.5. The van der Waals surface area contributed by atoms with Crippen LogP contribution in [0.25, 0.3) is 15.3 Å². The number of halogens is 1. The molecule has 4 rings (SSSR count). The number of para-hydroxylation sites is 1. The van der Waals surface area contributed by atoms with Crippen molar-refractivity contribution >= 4 is 27.5 Å². The lowest BCUT2D eigenvalue weighted by molar-refractivity contribution is 0.0951. The van der Waals surface area contributed by atoms with E-state index in [9.17, 15) is 9.18 Å². The summed E-state index contributed by atoms with van der Waals surface area (Å²) in [5.74, 6) is -0.572. The molecule has 2 aromatic carbocycles. The average molecular weight is 366 g/mol. The molecule has 7 heteroatoms. The van der Waals surface area contributed by atoms with Gasteiger partial charge < -0.3 is 5.32 Å². The fourth-order valence-electron chi connectivity index (χ4n) is 2.70. The molecule has 0 aliphatic carbocycles. The van der Waals surface area contributed by atoms with Crippen molar-refractivity contribution in [1.29, 1.82) is 0 Å². The number of carbonyl (C=O) groups excluding carboxylic acids is 1. The minimum atomic E-state index is -0.307. The van der Waals surface area contributed by atoms with Crippen molar-refractivity contribution in [3.05, 3.63) is 77.4 Å². The number of thiazole rings is 1. The Morgan fingerprint density at radius 1 is 1.27 bits per heavy atom. The Kier molecular flexibility index (Phi) is 4.22. The van der Waals surface area contributed by atoms with Crippen molar-refractivity contribution in [3.63, 3.8) is 0 Å². The number of amides is 1. The Hall–Kier alpha value is -3.06. The molecule has 2 heterocycles. The Balaban J connectivity index is 1.49. The third kappa shape index (κ3) is 3.34. The van der Waals surface area contributed by atoms with Gasteiger partial charge in [-0.1, -0.05) is 29.5 Å². The molecule has 1 N–H and O–H groups in total. The summed E-state index contributed by atoms with van der Waals surface area (Å²) in [7, 11) is 0. The molecule has 2 aromatic heterocycles. The van der Waals surface area contributed by atoms with Gasteiger partial charge in [-0.2, -0.15) is 5.10 Å². The van der Waals surface area contributed by atoms with Crippen molar-refractivity contribution in [1.82, 2.24) is 20.1 Å². The maximum absolute atomic E-state index is 13.4. The average Bonchev–Trinajstić information content (AvgIpc) is 3.25. The number of nitrogens with zero attached hydrogens (tertiary/aromatic N) is 3. The van der Waals surface area contributed by atoms with Crippen LogP contribution >= 0.6 is 11.3 Å². The molecule has 0 aliphatic heterocycles. The third-order valence-electron chi connectivity index (χ3n) is 3.88. The van der Waals surface area contributed by atoms with E-state index in [1.807, 2.05) is 37.3 Å².